The Bertz CT molecular complexity index is 812. The number of piperidine rings is 1. The van der Waals surface area contributed by atoms with Crippen molar-refractivity contribution in [1.82, 2.24) is 10.1 Å². The number of aromatic nitrogens is 1. The lowest BCUT2D eigenvalue weighted by atomic mass is 9.90. The van der Waals surface area contributed by atoms with Crippen molar-refractivity contribution >= 4 is 11.9 Å². The van der Waals surface area contributed by atoms with Gasteiger partial charge in [-0.25, -0.2) is 4.79 Å². The molecule has 1 atom stereocenters. The summed E-state index contributed by atoms with van der Waals surface area (Å²) in [5, 5.41) is 12.9. The molecule has 7 heteroatoms. The number of carbonyl (C=O) groups excluding carboxylic acids is 1. The highest BCUT2D eigenvalue weighted by molar-refractivity contribution is 5.93. The highest BCUT2D eigenvalue weighted by Gasteiger charge is 2.29. The van der Waals surface area contributed by atoms with Gasteiger partial charge in [0.05, 0.1) is 17.7 Å². The van der Waals surface area contributed by atoms with Gasteiger partial charge in [-0.15, -0.1) is 0 Å². The van der Waals surface area contributed by atoms with E-state index in [2.05, 4.69) is 5.16 Å². The molecule has 0 unspecified atom stereocenters. The number of carbonyl (C=O) groups is 2. The van der Waals surface area contributed by atoms with E-state index in [-0.39, 0.29) is 11.5 Å². The van der Waals surface area contributed by atoms with Gasteiger partial charge in [-0.2, -0.15) is 0 Å². The van der Waals surface area contributed by atoms with Crippen molar-refractivity contribution in [3.63, 3.8) is 0 Å². The van der Waals surface area contributed by atoms with Gasteiger partial charge < -0.3 is 19.3 Å². The average Bonchev–Trinajstić information content (AvgIpc) is 3.03. The zero-order valence-electron chi connectivity index (χ0n) is 15.6. The molecule has 0 bridgehead atoms. The van der Waals surface area contributed by atoms with E-state index in [0.29, 0.717) is 42.6 Å². The van der Waals surface area contributed by atoms with E-state index < -0.39 is 5.97 Å². The van der Waals surface area contributed by atoms with Crippen LogP contribution in [0.15, 0.2) is 28.8 Å². The minimum Gasteiger partial charge on any atom is -0.478 e. The Morgan fingerprint density at radius 3 is 2.74 bits per heavy atom. The lowest BCUT2D eigenvalue weighted by Gasteiger charge is -2.32. The van der Waals surface area contributed by atoms with Gasteiger partial charge in [0.25, 0.3) is 5.91 Å². The van der Waals surface area contributed by atoms with E-state index in [1.165, 1.54) is 0 Å². The molecule has 1 N–H and O–H groups in total. The first-order chi connectivity index (χ1) is 13.0. The molecular formula is C20H24N2O5. The Hall–Kier alpha value is -2.67. The quantitative estimate of drug-likeness (QED) is 0.838. The molecule has 7 nitrogen and oxygen atoms in total. The number of hydrogen-bond donors (Lipinski definition) is 1. The molecule has 0 radical (unpaired) electrons. The fourth-order valence-corrected chi connectivity index (χ4v) is 3.56. The summed E-state index contributed by atoms with van der Waals surface area (Å²) >= 11 is 0. The summed E-state index contributed by atoms with van der Waals surface area (Å²) in [4.78, 5) is 25.7. The number of rotatable bonds is 6. The molecule has 27 heavy (non-hydrogen) atoms. The van der Waals surface area contributed by atoms with E-state index in [4.69, 9.17) is 14.4 Å². The summed E-state index contributed by atoms with van der Waals surface area (Å²) in [7, 11) is 1.58. The third kappa shape index (κ3) is 4.36. The molecule has 2 aromatic rings. The summed E-state index contributed by atoms with van der Waals surface area (Å²) in [5.74, 6) is -0.111. The van der Waals surface area contributed by atoms with Crippen molar-refractivity contribution < 1.29 is 24.0 Å². The normalized spacial score (nSPS) is 17.1. The summed E-state index contributed by atoms with van der Waals surface area (Å²) in [6.07, 6.45) is 2.78. The number of likely N-dealkylation sites (tertiary alicyclic amines) is 1. The van der Waals surface area contributed by atoms with Gasteiger partial charge in [-0.05, 0) is 49.8 Å². The standard InChI is InChI=1S/C20H24N2O5/c1-13-17(12-26-2)18(21-27-13)19(23)22-9-3-4-15(11-22)10-14-5-7-16(8-6-14)20(24)25/h5-8,15H,3-4,9-12H2,1-2H3,(H,24,25)/t15-/m1/s1. The van der Waals surface area contributed by atoms with E-state index in [0.717, 1.165) is 24.8 Å². The van der Waals surface area contributed by atoms with Crippen molar-refractivity contribution in [1.29, 1.82) is 0 Å². The third-order valence-corrected chi connectivity index (χ3v) is 5.01. The Kier molecular flexibility index (Phi) is 5.91. The van der Waals surface area contributed by atoms with Crippen molar-refractivity contribution in [2.24, 2.45) is 5.92 Å². The Balaban J connectivity index is 1.67. The highest BCUT2D eigenvalue weighted by Crippen LogP contribution is 2.24. The second kappa shape index (κ2) is 8.35. The second-order valence-electron chi connectivity index (χ2n) is 6.96. The SMILES string of the molecule is COCc1c(C(=O)N2CCC[C@H](Cc3ccc(C(=O)O)cc3)C2)noc1C. The maximum absolute atomic E-state index is 12.9. The maximum atomic E-state index is 12.9. The lowest BCUT2D eigenvalue weighted by molar-refractivity contribution is 0.0656. The van der Waals surface area contributed by atoms with Crippen molar-refractivity contribution in [3.05, 3.63) is 52.4 Å². The fourth-order valence-electron chi connectivity index (χ4n) is 3.56. The number of aromatic carboxylic acids is 1. The van der Waals surface area contributed by atoms with Gasteiger partial charge in [-0.1, -0.05) is 17.3 Å². The maximum Gasteiger partial charge on any atom is 0.335 e. The largest absolute Gasteiger partial charge is 0.478 e. The van der Waals surface area contributed by atoms with Gasteiger partial charge >= 0.3 is 5.97 Å². The number of nitrogens with zero attached hydrogens (tertiary/aromatic N) is 2. The molecule has 0 saturated carbocycles. The van der Waals surface area contributed by atoms with Crippen LogP contribution in [-0.2, 0) is 17.8 Å². The lowest BCUT2D eigenvalue weighted by Crippen LogP contribution is -2.41. The predicted molar refractivity (Wildman–Crippen MR) is 97.7 cm³/mol. The first kappa shape index (κ1) is 19.1. The van der Waals surface area contributed by atoms with Crippen LogP contribution in [-0.4, -0.2) is 47.2 Å². The van der Waals surface area contributed by atoms with E-state index >= 15 is 0 Å². The molecular weight excluding hydrogens is 348 g/mol. The van der Waals surface area contributed by atoms with E-state index in [9.17, 15) is 9.59 Å². The zero-order chi connectivity index (χ0) is 19.4. The number of carboxylic acids is 1. The molecule has 144 valence electrons. The van der Waals surface area contributed by atoms with Gasteiger partial charge in [-0.3, -0.25) is 4.79 Å². The molecule has 1 aromatic carbocycles. The number of methoxy groups -OCH3 is 1. The van der Waals surface area contributed by atoms with E-state index in [1.807, 2.05) is 17.0 Å². The van der Waals surface area contributed by atoms with Crippen LogP contribution in [0.2, 0.25) is 0 Å². The molecule has 1 aromatic heterocycles. The van der Waals surface area contributed by atoms with Gasteiger partial charge in [0.2, 0.25) is 0 Å². The van der Waals surface area contributed by atoms with E-state index in [1.54, 1.807) is 26.2 Å². The fraction of sp³-hybridized carbons (Fsp3) is 0.450. The molecule has 1 saturated heterocycles. The molecule has 0 aliphatic carbocycles. The zero-order valence-corrected chi connectivity index (χ0v) is 15.6. The second-order valence-corrected chi connectivity index (χ2v) is 6.96. The highest BCUT2D eigenvalue weighted by atomic mass is 16.5. The number of ether oxygens (including phenoxy) is 1. The van der Waals surface area contributed by atoms with Gasteiger partial charge in [0.1, 0.15) is 5.76 Å². The molecule has 0 spiro atoms. The number of carboxylic acid groups (broad SMARTS) is 1. The minimum atomic E-state index is -0.925. The van der Waals surface area contributed by atoms with Crippen LogP contribution in [0.4, 0.5) is 0 Å². The average molecular weight is 372 g/mol. The van der Waals surface area contributed by atoms with Crippen molar-refractivity contribution in [2.45, 2.75) is 32.8 Å². The Labute approximate surface area is 157 Å². The molecule has 3 rings (SSSR count). The van der Waals surface area contributed by atoms with Crippen LogP contribution in [0.1, 0.15) is 50.6 Å². The smallest absolute Gasteiger partial charge is 0.335 e. The predicted octanol–water partition coefficient (Wildman–Crippen LogP) is 2.92. The number of aryl methyl sites for hydroxylation is 1. The van der Waals surface area contributed by atoms with Crippen LogP contribution in [0.3, 0.4) is 0 Å². The summed E-state index contributed by atoms with van der Waals surface area (Å²) in [6.45, 7) is 3.42. The Morgan fingerprint density at radius 2 is 2.07 bits per heavy atom. The summed E-state index contributed by atoms with van der Waals surface area (Å²) in [5.41, 5.74) is 2.40. The van der Waals surface area contributed by atoms with Crippen LogP contribution in [0, 0.1) is 12.8 Å². The van der Waals surface area contributed by atoms with Crippen molar-refractivity contribution in [3.8, 4) is 0 Å². The monoisotopic (exact) mass is 372 g/mol. The topological polar surface area (TPSA) is 92.9 Å². The summed E-state index contributed by atoms with van der Waals surface area (Å²) < 4.78 is 10.3. The first-order valence-electron chi connectivity index (χ1n) is 9.05. The minimum absolute atomic E-state index is 0.121. The Morgan fingerprint density at radius 1 is 1.33 bits per heavy atom. The number of benzene rings is 1. The molecule has 1 aliphatic rings. The number of hydrogen-bond acceptors (Lipinski definition) is 5. The number of amides is 1. The molecule has 1 amide bonds. The van der Waals surface area contributed by atoms with Crippen LogP contribution >= 0.6 is 0 Å². The van der Waals surface area contributed by atoms with Gasteiger partial charge in [0, 0.05) is 20.2 Å². The summed E-state index contributed by atoms with van der Waals surface area (Å²) in [6, 6.07) is 6.95. The van der Waals surface area contributed by atoms with Gasteiger partial charge in [0.15, 0.2) is 5.69 Å². The van der Waals surface area contributed by atoms with Crippen LogP contribution in [0.25, 0.3) is 0 Å². The molecule has 1 aliphatic heterocycles. The van der Waals surface area contributed by atoms with Crippen LogP contribution < -0.4 is 0 Å². The first-order valence-corrected chi connectivity index (χ1v) is 9.05. The van der Waals surface area contributed by atoms with Crippen molar-refractivity contribution in [2.75, 3.05) is 20.2 Å². The third-order valence-electron chi connectivity index (χ3n) is 5.01. The van der Waals surface area contributed by atoms with Crippen LogP contribution in [0.5, 0.6) is 0 Å². The molecule has 2 heterocycles. The molecule has 1 fully saturated rings.